The van der Waals surface area contributed by atoms with Gasteiger partial charge in [0.2, 0.25) is 5.95 Å². The van der Waals surface area contributed by atoms with Crippen molar-refractivity contribution in [3.63, 3.8) is 0 Å². The van der Waals surface area contributed by atoms with Crippen molar-refractivity contribution in [2.45, 2.75) is 63.3 Å². The highest BCUT2D eigenvalue weighted by Crippen LogP contribution is 2.32. The van der Waals surface area contributed by atoms with Crippen LogP contribution in [-0.4, -0.2) is 16.0 Å². The quantitative estimate of drug-likeness (QED) is 0.258. The van der Waals surface area contributed by atoms with Crippen molar-refractivity contribution >= 4 is 34.5 Å². The van der Waals surface area contributed by atoms with Gasteiger partial charge in [-0.25, -0.2) is 14.4 Å². The second-order valence-electron chi connectivity index (χ2n) is 9.26. The fourth-order valence-electron chi connectivity index (χ4n) is 4.84. The smallest absolute Gasteiger partial charge is 0.223 e. The Morgan fingerprint density at radius 3 is 2.63 bits per heavy atom. The molecule has 4 nitrogen and oxygen atoms in total. The van der Waals surface area contributed by atoms with Crippen LogP contribution in [-0.2, 0) is 6.42 Å². The normalized spacial score (nSPS) is 14.3. The summed E-state index contributed by atoms with van der Waals surface area (Å²) in [6, 6.07) is 18.0. The molecule has 1 aromatic heterocycles. The van der Waals surface area contributed by atoms with Crippen LogP contribution in [0, 0.1) is 12.7 Å². The van der Waals surface area contributed by atoms with Crippen molar-refractivity contribution in [3.05, 3.63) is 77.7 Å². The second kappa shape index (κ2) is 10.6. The van der Waals surface area contributed by atoms with Gasteiger partial charge in [-0.05, 0) is 96.8 Å². The van der Waals surface area contributed by atoms with Gasteiger partial charge in [-0.2, -0.15) is 0 Å². The molecule has 1 fully saturated rings. The summed E-state index contributed by atoms with van der Waals surface area (Å²) in [5, 5.41) is 4.62. The van der Waals surface area contributed by atoms with E-state index in [-0.39, 0.29) is 5.82 Å². The minimum absolute atomic E-state index is 0.221. The van der Waals surface area contributed by atoms with Crippen LogP contribution in [0.2, 0.25) is 0 Å². The molecular formula is C29H31FN4S. The number of rotatable bonds is 7. The number of hydrogen-bond donors (Lipinski definition) is 2. The zero-order valence-corrected chi connectivity index (χ0v) is 21.1. The SMILES string of the molecule is CCc1cc(-c2ccc(NSc3ccccc3F)cc2C)cc2cnc(NC3CCCCC3)nc12. The Hall–Kier alpha value is -3.12. The number of aromatic nitrogens is 2. The highest BCUT2D eigenvalue weighted by molar-refractivity contribution is 8.00. The number of nitrogens with one attached hydrogen (secondary N) is 2. The minimum Gasteiger partial charge on any atom is -0.351 e. The average molecular weight is 487 g/mol. The van der Waals surface area contributed by atoms with Gasteiger partial charge in [0.1, 0.15) is 5.82 Å². The Morgan fingerprint density at radius 2 is 1.86 bits per heavy atom. The summed E-state index contributed by atoms with van der Waals surface area (Å²) >= 11 is 1.28. The van der Waals surface area contributed by atoms with Crippen LogP contribution >= 0.6 is 11.9 Å². The van der Waals surface area contributed by atoms with E-state index in [1.54, 1.807) is 12.1 Å². The highest BCUT2D eigenvalue weighted by atomic mass is 32.2. The molecule has 3 aromatic carbocycles. The Labute approximate surface area is 210 Å². The molecule has 0 bridgehead atoms. The van der Waals surface area contributed by atoms with E-state index >= 15 is 0 Å². The summed E-state index contributed by atoms with van der Waals surface area (Å²) in [4.78, 5) is 10.1. The number of fused-ring (bicyclic) bond motifs is 1. The fourth-order valence-corrected chi connectivity index (χ4v) is 5.50. The number of hydrogen-bond acceptors (Lipinski definition) is 5. The first-order valence-electron chi connectivity index (χ1n) is 12.5. The fraction of sp³-hybridized carbons (Fsp3) is 0.310. The maximum Gasteiger partial charge on any atom is 0.223 e. The molecule has 4 aromatic rings. The number of anilines is 2. The molecule has 0 saturated heterocycles. The highest BCUT2D eigenvalue weighted by Gasteiger charge is 2.15. The lowest BCUT2D eigenvalue weighted by Crippen LogP contribution is -2.23. The molecule has 35 heavy (non-hydrogen) atoms. The molecule has 0 unspecified atom stereocenters. The van der Waals surface area contributed by atoms with Gasteiger partial charge >= 0.3 is 0 Å². The second-order valence-corrected chi connectivity index (χ2v) is 10.1. The molecule has 1 saturated carbocycles. The van der Waals surface area contributed by atoms with E-state index in [4.69, 9.17) is 4.98 Å². The topological polar surface area (TPSA) is 49.8 Å². The van der Waals surface area contributed by atoms with Crippen molar-refractivity contribution in [2.24, 2.45) is 0 Å². The van der Waals surface area contributed by atoms with Crippen LogP contribution < -0.4 is 10.0 Å². The average Bonchev–Trinajstić information content (AvgIpc) is 2.88. The van der Waals surface area contributed by atoms with Gasteiger partial charge in [-0.1, -0.05) is 44.4 Å². The van der Waals surface area contributed by atoms with Crippen molar-refractivity contribution < 1.29 is 4.39 Å². The van der Waals surface area contributed by atoms with E-state index < -0.39 is 0 Å². The number of aryl methyl sites for hydroxylation is 2. The Bertz CT molecular complexity index is 1330. The van der Waals surface area contributed by atoms with Crippen molar-refractivity contribution in [2.75, 3.05) is 10.0 Å². The first-order valence-corrected chi connectivity index (χ1v) is 13.3. The molecule has 0 radical (unpaired) electrons. The van der Waals surface area contributed by atoms with Gasteiger partial charge < -0.3 is 10.0 Å². The van der Waals surface area contributed by atoms with Crippen LogP contribution in [0.5, 0.6) is 0 Å². The zero-order valence-electron chi connectivity index (χ0n) is 20.3. The molecule has 1 heterocycles. The lowest BCUT2D eigenvalue weighted by atomic mass is 9.95. The maximum absolute atomic E-state index is 13.9. The van der Waals surface area contributed by atoms with E-state index in [0.717, 1.165) is 40.1 Å². The van der Waals surface area contributed by atoms with Crippen LogP contribution in [0.3, 0.4) is 0 Å². The van der Waals surface area contributed by atoms with E-state index in [1.165, 1.54) is 61.2 Å². The standard InChI is InChI=1S/C29H31FN4S/c1-3-20-16-21(17-22-18-31-29(33-28(20)22)32-23-9-5-4-6-10-23)25-14-13-24(15-19(25)2)34-35-27-12-8-7-11-26(27)30/h7-8,11-18,23,34H,3-6,9-10H2,1-2H3,(H,31,32,33). The number of benzene rings is 3. The molecule has 0 amide bonds. The van der Waals surface area contributed by atoms with Crippen LogP contribution in [0.15, 0.2) is 65.7 Å². The summed E-state index contributed by atoms with van der Waals surface area (Å²) < 4.78 is 17.2. The minimum atomic E-state index is -0.221. The third-order valence-corrected chi connectivity index (χ3v) is 7.62. The number of nitrogens with zero attached hydrogens (tertiary/aromatic N) is 2. The van der Waals surface area contributed by atoms with Crippen molar-refractivity contribution in [3.8, 4) is 11.1 Å². The first kappa shape index (κ1) is 23.6. The van der Waals surface area contributed by atoms with Crippen LogP contribution in [0.4, 0.5) is 16.0 Å². The van der Waals surface area contributed by atoms with Gasteiger partial charge in [0.05, 0.1) is 10.4 Å². The van der Waals surface area contributed by atoms with Crippen molar-refractivity contribution in [1.82, 2.24) is 9.97 Å². The summed E-state index contributed by atoms with van der Waals surface area (Å²) in [7, 11) is 0. The lowest BCUT2D eigenvalue weighted by Gasteiger charge is -2.22. The molecule has 0 aliphatic heterocycles. The maximum atomic E-state index is 13.9. The van der Waals surface area contributed by atoms with Crippen LogP contribution in [0.25, 0.3) is 22.0 Å². The molecule has 6 heteroatoms. The first-order chi connectivity index (χ1) is 17.1. The Morgan fingerprint density at radius 1 is 1.03 bits per heavy atom. The van der Waals surface area contributed by atoms with Crippen LogP contribution in [0.1, 0.15) is 50.2 Å². The van der Waals surface area contributed by atoms with Gasteiger partial charge in [-0.15, -0.1) is 0 Å². The lowest BCUT2D eigenvalue weighted by molar-refractivity contribution is 0.461. The predicted octanol–water partition coefficient (Wildman–Crippen LogP) is 8.17. The molecule has 1 aliphatic carbocycles. The summed E-state index contributed by atoms with van der Waals surface area (Å²) in [6.07, 6.45) is 9.15. The predicted molar refractivity (Wildman–Crippen MR) is 145 cm³/mol. The van der Waals surface area contributed by atoms with Gasteiger partial charge in [0.25, 0.3) is 0 Å². The third-order valence-electron chi connectivity index (χ3n) is 6.73. The summed E-state index contributed by atoms with van der Waals surface area (Å²) in [6.45, 7) is 4.28. The molecule has 2 N–H and O–H groups in total. The summed E-state index contributed by atoms with van der Waals surface area (Å²) in [5.41, 5.74) is 6.69. The molecule has 0 spiro atoms. The van der Waals surface area contributed by atoms with E-state index in [2.05, 4.69) is 53.1 Å². The zero-order chi connectivity index (χ0) is 24.2. The van der Waals surface area contributed by atoms with Gasteiger partial charge in [-0.3, -0.25) is 0 Å². The molecule has 0 atom stereocenters. The molecular weight excluding hydrogens is 455 g/mol. The van der Waals surface area contributed by atoms with Gasteiger partial charge in [0.15, 0.2) is 0 Å². The summed E-state index contributed by atoms with van der Waals surface area (Å²) in [5.74, 6) is 0.520. The third kappa shape index (κ3) is 5.43. The molecule has 5 rings (SSSR count). The Kier molecular flexibility index (Phi) is 7.19. The van der Waals surface area contributed by atoms with Crippen molar-refractivity contribution in [1.29, 1.82) is 0 Å². The van der Waals surface area contributed by atoms with Gasteiger partial charge in [0, 0.05) is 23.3 Å². The van der Waals surface area contributed by atoms with E-state index in [9.17, 15) is 4.39 Å². The largest absolute Gasteiger partial charge is 0.351 e. The molecule has 180 valence electrons. The Balaban J connectivity index is 1.38. The van der Waals surface area contributed by atoms with E-state index in [1.807, 2.05) is 18.3 Å². The number of halogens is 1. The van der Waals surface area contributed by atoms with E-state index in [0.29, 0.717) is 10.9 Å². The molecule has 1 aliphatic rings. The monoisotopic (exact) mass is 486 g/mol.